The van der Waals surface area contributed by atoms with Gasteiger partial charge in [-0.15, -0.1) is 11.3 Å². The molecule has 336 valence electrons. The number of phenols is 1. The Morgan fingerprint density at radius 3 is 2.14 bits per heavy atom. The number of ether oxygens (including phenoxy) is 2. The van der Waals surface area contributed by atoms with Crippen molar-refractivity contribution in [3.05, 3.63) is 113 Å². The van der Waals surface area contributed by atoms with E-state index in [2.05, 4.69) is 10.2 Å². The Morgan fingerprint density at radius 2 is 1.50 bits per heavy atom. The number of thiophene rings is 1. The highest BCUT2D eigenvalue weighted by molar-refractivity contribution is 7.22. The van der Waals surface area contributed by atoms with Crippen molar-refractivity contribution in [2.75, 3.05) is 43.0 Å². The van der Waals surface area contributed by atoms with Crippen LogP contribution in [-0.4, -0.2) is 66.8 Å². The molecule has 4 amide bonds. The number of phenolic OH excluding ortho intramolecular Hbond substituents is 1. The molecule has 14 nitrogen and oxygen atoms in total. The molecule has 2 aromatic heterocycles. The number of halogens is 1. The van der Waals surface area contributed by atoms with Crippen molar-refractivity contribution in [3.8, 4) is 27.8 Å². The van der Waals surface area contributed by atoms with Crippen LogP contribution in [0.4, 0.5) is 28.6 Å². The molecule has 6 atom stereocenters. The molecule has 4 aromatic carbocycles. The second-order valence-electron chi connectivity index (χ2n) is 17.8. The molecular formula is C50H46ClN7O7S. The third-order valence-corrected chi connectivity index (χ3v) is 15.6. The molecule has 2 aliphatic heterocycles. The summed E-state index contributed by atoms with van der Waals surface area (Å²) in [5, 5.41) is 26.0. The van der Waals surface area contributed by atoms with Crippen LogP contribution in [0.15, 0.2) is 107 Å². The third kappa shape index (κ3) is 6.53. The van der Waals surface area contributed by atoms with Gasteiger partial charge in [0.25, 0.3) is 0 Å². The number of hydrogen-bond acceptors (Lipinski definition) is 12. The number of imide groups is 2. The van der Waals surface area contributed by atoms with E-state index in [0.717, 1.165) is 31.8 Å². The van der Waals surface area contributed by atoms with Crippen molar-refractivity contribution in [3.63, 3.8) is 0 Å². The smallest absolute Gasteiger partial charge is 0.242 e. The van der Waals surface area contributed by atoms with Crippen molar-refractivity contribution in [2.24, 2.45) is 46.4 Å². The molecule has 6 unspecified atom stereocenters. The van der Waals surface area contributed by atoms with Crippen LogP contribution in [0, 0.1) is 36.0 Å². The van der Waals surface area contributed by atoms with E-state index >= 15 is 9.59 Å². The van der Waals surface area contributed by atoms with Crippen molar-refractivity contribution in [1.29, 1.82) is 0 Å². The van der Waals surface area contributed by atoms with Gasteiger partial charge in [0.15, 0.2) is 0 Å². The van der Waals surface area contributed by atoms with Gasteiger partial charge in [-0.1, -0.05) is 23.3 Å². The SMILES string of the molecule is COc1cc(O)cc(OC)c1C1C2=CCC3C(=O)N(c4ccc(N=Nc5ccc(N(C)C)cc5)cc4)C(=O)C3C2CC2C(=O)N(c3cc(-c4sc5ccc(Cl)cc5c4C)nn3C)C(=O)C21C. The number of anilines is 3. The molecule has 2 aliphatic carbocycles. The van der Waals surface area contributed by atoms with Crippen molar-refractivity contribution < 1.29 is 33.8 Å². The molecular weight excluding hydrogens is 878 g/mol. The fourth-order valence-corrected chi connectivity index (χ4v) is 12.1. The molecule has 16 heteroatoms. The fraction of sp³-hybridized carbons (Fsp3) is 0.300. The average molecular weight is 924 g/mol. The summed E-state index contributed by atoms with van der Waals surface area (Å²) in [6, 6.07) is 24.8. The Hall–Kier alpha value is -6.84. The van der Waals surface area contributed by atoms with E-state index in [9.17, 15) is 14.7 Å². The largest absolute Gasteiger partial charge is 0.508 e. The van der Waals surface area contributed by atoms with E-state index in [1.54, 1.807) is 60.3 Å². The molecule has 66 heavy (non-hydrogen) atoms. The molecule has 4 aliphatic rings. The summed E-state index contributed by atoms with van der Waals surface area (Å²) in [5.74, 6) is -4.87. The molecule has 0 spiro atoms. The molecule has 1 N–H and O–H groups in total. The van der Waals surface area contributed by atoms with Gasteiger partial charge in [0.1, 0.15) is 28.8 Å². The quantitative estimate of drug-likeness (QED) is 0.0846. The first kappa shape index (κ1) is 43.1. The number of amides is 4. The maximum Gasteiger partial charge on any atom is 0.242 e. The van der Waals surface area contributed by atoms with Crippen molar-refractivity contribution in [2.45, 2.75) is 32.6 Å². The van der Waals surface area contributed by atoms with E-state index in [4.69, 9.17) is 26.2 Å². The van der Waals surface area contributed by atoms with Crippen LogP contribution in [0.1, 0.15) is 36.8 Å². The Bertz CT molecular complexity index is 3060. The predicted octanol–water partition coefficient (Wildman–Crippen LogP) is 9.90. The van der Waals surface area contributed by atoms with Crippen LogP contribution in [0.5, 0.6) is 17.2 Å². The van der Waals surface area contributed by atoms with E-state index in [1.807, 2.05) is 74.5 Å². The van der Waals surface area contributed by atoms with Crippen molar-refractivity contribution >= 4 is 85.2 Å². The number of fused-ring (bicyclic) bond motifs is 5. The number of aromatic hydroxyl groups is 1. The van der Waals surface area contributed by atoms with Gasteiger partial charge in [-0.25, -0.2) is 4.90 Å². The molecule has 6 aromatic rings. The zero-order chi connectivity index (χ0) is 46.5. The summed E-state index contributed by atoms with van der Waals surface area (Å²) < 4.78 is 14.4. The number of hydrogen-bond donors (Lipinski definition) is 1. The first-order valence-corrected chi connectivity index (χ1v) is 22.8. The lowest BCUT2D eigenvalue weighted by Crippen LogP contribution is -2.49. The Morgan fingerprint density at radius 1 is 0.848 bits per heavy atom. The minimum absolute atomic E-state index is 0.116. The van der Waals surface area contributed by atoms with Gasteiger partial charge in [0, 0.05) is 66.2 Å². The van der Waals surface area contributed by atoms with Crippen LogP contribution in [-0.2, 0) is 26.2 Å². The van der Waals surface area contributed by atoms with E-state index in [1.165, 1.54) is 36.2 Å². The number of carbonyl (C=O) groups is 4. The Kier molecular flexibility index (Phi) is 10.4. The molecule has 3 fully saturated rings. The molecule has 0 radical (unpaired) electrons. The van der Waals surface area contributed by atoms with E-state index in [0.29, 0.717) is 39.2 Å². The maximum absolute atomic E-state index is 15.5. The van der Waals surface area contributed by atoms with Crippen molar-refractivity contribution in [1.82, 2.24) is 9.78 Å². The monoisotopic (exact) mass is 923 g/mol. The minimum atomic E-state index is -1.43. The zero-order valence-corrected chi connectivity index (χ0v) is 38.8. The summed E-state index contributed by atoms with van der Waals surface area (Å²) in [7, 11) is 8.55. The Labute approximate surface area is 389 Å². The first-order valence-electron chi connectivity index (χ1n) is 21.6. The molecule has 2 saturated heterocycles. The number of benzene rings is 4. The number of aryl methyl sites for hydroxylation is 2. The molecule has 4 heterocycles. The summed E-state index contributed by atoms with van der Waals surface area (Å²) in [4.78, 5) is 65.3. The molecule has 0 bridgehead atoms. The van der Waals surface area contributed by atoms with Gasteiger partial charge in [0.05, 0.1) is 59.3 Å². The number of azo groups is 1. The summed E-state index contributed by atoms with van der Waals surface area (Å²) in [5.41, 5.74) is 4.00. The summed E-state index contributed by atoms with van der Waals surface area (Å²) in [6.45, 7) is 3.79. The normalized spacial score (nSPS) is 23.7. The highest BCUT2D eigenvalue weighted by atomic mass is 35.5. The second-order valence-corrected chi connectivity index (χ2v) is 19.3. The van der Waals surface area contributed by atoms with Gasteiger partial charge < -0.3 is 19.5 Å². The molecule has 1 saturated carbocycles. The fourth-order valence-electron chi connectivity index (χ4n) is 10.8. The van der Waals surface area contributed by atoms with Crippen LogP contribution in [0.3, 0.4) is 0 Å². The van der Waals surface area contributed by atoms with E-state index in [-0.39, 0.29) is 41.9 Å². The lowest BCUT2D eigenvalue weighted by atomic mass is 9.51. The second kappa shape index (κ2) is 15.9. The summed E-state index contributed by atoms with van der Waals surface area (Å²) in [6.07, 6.45) is 2.32. The first-order chi connectivity index (χ1) is 31.6. The zero-order valence-electron chi connectivity index (χ0n) is 37.3. The topological polar surface area (TPSA) is 159 Å². The van der Waals surface area contributed by atoms with Crippen LogP contribution in [0.25, 0.3) is 20.7 Å². The minimum Gasteiger partial charge on any atom is -0.508 e. The van der Waals surface area contributed by atoms with Gasteiger partial charge in [-0.3, -0.25) is 28.8 Å². The number of aromatic nitrogens is 2. The van der Waals surface area contributed by atoms with Gasteiger partial charge in [-0.05, 0) is 110 Å². The van der Waals surface area contributed by atoms with E-state index < -0.39 is 46.8 Å². The van der Waals surface area contributed by atoms with Crippen LogP contribution < -0.4 is 24.2 Å². The lowest BCUT2D eigenvalue weighted by Gasteiger charge is -2.49. The number of allylic oxidation sites excluding steroid dienone is 2. The number of carbonyl (C=O) groups excluding carboxylic acids is 4. The summed E-state index contributed by atoms with van der Waals surface area (Å²) >= 11 is 7.91. The van der Waals surface area contributed by atoms with Gasteiger partial charge >= 0.3 is 0 Å². The number of methoxy groups -OCH3 is 2. The number of nitrogens with zero attached hydrogens (tertiary/aromatic N) is 7. The highest BCUT2D eigenvalue weighted by Gasteiger charge is 2.68. The standard InChI is InChI=1S/C50H46ClN7O7S/c1-25-34-20-26(51)8-19-40(34)66-45(25)37-24-41(56(5)54-37)58-47(61)36-23-35-32(44(50(36,2)49(58)63)43-38(64-6)21-31(59)22-39(43)65-7)17-18-33-42(35)48(62)57(46(33)60)30-15-11-28(12-16-30)53-52-27-9-13-29(14-10-27)55(3)4/h8-17,19-22,24,33,35-36,42,44,59H,18,23H2,1-7H3. The maximum atomic E-state index is 15.5. The highest BCUT2D eigenvalue weighted by Crippen LogP contribution is 2.66. The molecule has 10 rings (SSSR count). The Balaban J connectivity index is 1.02. The average Bonchev–Trinajstić information content (AvgIpc) is 3.98. The van der Waals surface area contributed by atoms with Gasteiger partial charge in [0.2, 0.25) is 23.6 Å². The van der Waals surface area contributed by atoms with Gasteiger partial charge in [-0.2, -0.15) is 15.3 Å². The third-order valence-electron chi connectivity index (χ3n) is 14.1. The van der Waals surface area contributed by atoms with Crippen LogP contribution in [0.2, 0.25) is 5.02 Å². The predicted molar refractivity (Wildman–Crippen MR) is 253 cm³/mol. The number of rotatable bonds is 9. The lowest BCUT2D eigenvalue weighted by molar-refractivity contribution is -0.131. The van der Waals surface area contributed by atoms with Crippen LogP contribution >= 0.6 is 22.9 Å².